The van der Waals surface area contributed by atoms with E-state index in [0.29, 0.717) is 22.9 Å². The van der Waals surface area contributed by atoms with Crippen molar-refractivity contribution in [2.45, 2.75) is 12.0 Å². The Bertz CT molecular complexity index is 1200. The van der Waals surface area contributed by atoms with E-state index in [2.05, 4.69) is 5.32 Å². The van der Waals surface area contributed by atoms with E-state index < -0.39 is 23.8 Å². The van der Waals surface area contributed by atoms with Crippen LogP contribution in [-0.4, -0.2) is 42.5 Å². The Morgan fingerprint density at radius 1 is 0.971 bits per heavy atom. The number of methoxy groups -OCH3 is 1. The summed E-state index contributed by atoms with van der Waals surface area (Å²) in [4.78, 5) is 27.6. The number of para-hydroxylation sites is 1. The lowest BCUT2D eigenvalue weighted by molar-refractivity contribution is -0.142. The van der Waals surface area contributed by atoms with Gasteiger partial charge in [-0.2, -0.15) is 0 Å². The van der Waals surface area contributed by atoms with E-state index in [1.165, 1.54) is 0 Å². The lowest BCUT2D eigenvalue weighted by Crippen LogP contribution is -2.36. The van der Waals surface area contributed by atoms with Gasteiger partial charge >= 0.3 is 12.0 Å². The number of fused-ring (bicyclic) bond motifs is 1. The van der Waals surface area contributed by atoms with Crippen LogP contribution in [0.1, 0.15) is 23.1 Å². The van der Waals surface area contributed by atoms with Crippen molar-refractivity contribution in [1.29, 1.82) is 0 Å². The maximum Gasteiger partial charge on any atom is 0.322 e. The minimum Gasteiger partial charge on any atom is -0.497 e. The SMILES string of the molecule is COc1ccc([C@@H]2[C@@H](C(=O)O)[C@H](c3ccc4c(c3)OCO4)CN2C(=O)Nc2ccccc2)cc1. The molecule has 2 aliphatic heterocycles. The Kier molecular flexibility index (Phi) is 5.71. The van der Waals surface area contributed by atoms with Crippen LogP contribution in [0.15, 0.2) is 72.8 Å². The number of carboxylic acids is 1. The smallest absolute Gasteiger partial charge is 0.322 e. The molecule has 34 heavy (non-hydrogen) atoms. The third-order valence-electron chi connectivity index (χ3n) is 6.36. The number of aliphatic carboxylic acids is 1. The van der Waals surface area contributed by atoms with Gasteiger partial charge in [-0.15, -0.1) is 0 Å². The summed E-state index contributed by atoms with van der Waals surface area (Å²) in [6.07, 6.45) is 0. The number of rotatable bonds is 5. The second-order valence-corrected chi connectivity index (χ2v) is 8.25. The Morgan fingerprint density at radius 2 is 1.68 bits per heavy atom. The number of ether oxygens (including phenoxy) is 3. The average molecular weight is 460 g/mol. The summed E-state index contributed by atoms with van der Waals surface area (Å²) >= 11 is 0. The first-order valence-electron chi connectivity index (χ1n) is 10.9. The van der Waals surface area contributed by atoms with Gasteiger partial charge in [0.15, 0.2) is 11.5 Å². The number of nitrogens with zero attached hydrogens (tertiary/aromatic N) is 1. The molecule has 174 valence electrons. The maximum atomic E-state index is 13.4. The van der Waals surface area contributed by atoms with Crippen LogP contribution in [0.3, 0.4) is 0 Å². The zero-order valence-electron chi connectivity index (χ0n) is 18.5. The van der Waals surface area contributed by atoms with Crippen LogP contribution in [0.5, 0.6) is 17.2 Å². The lowest BCUT2D eigenvalue weighted by atomic mass is 9.83. The molecule has 2 N–H and O–H groups in total. The number of benzene rings is 3. The van der Waals surface area contributed by atoms with Gasteiger partial charge in [0.1, 0.15) is 5.75 Å². The van der Waals surface area contributed by atoms with Gasteiger partial charge in [-0.05, 0) is 47.5 Å². The number of carbonyl (C=O) groups is 2. The molecule has 3 aromatic rings. The monoisotopic (exact) mass is 460 g/mol. The second-order valence-electron chi connectivity index (χ2n) is 8.25. The maximum absolute atomic E-state index is 13.4. The summed E-state index contributed by atoms with van der Waals surface area (Å²) in [5.41, 5.74) is 2.14. The highest BCUT2D eigenvalue weighted by Crippen LogP contribution is 2.48. The Labute approximate surface area is 196 Å². The van der Waals surface area contributed by atoms with E-state index in [0.717, 1.165) is 11.1 Å². The molecule has 2 aliphatic rings. The molecule has 0 unspecified atom stereocenters. The number of amides is 2. The molecule has 8 heteroatoms. The molecule has 0 saturated carbocycles. The lowest BCUT2D eigenvalue weighted by Gasteiger charge is -2.27. The van der Waals surface area contributed by atoms with Crippen LogP contribution >= 0.6 is 0 Å². The first kappa shape index (κ1) is 21.6. The number of urea groups is 1. The highest BCUT2D eigenvalue weighted by molar-refractivity contribution is 5.91. The molecule has 2 heterocycles. The van der Waals surface area contributed by atoms with E-state index >= 15 is 0 Å². The molecular formula is C26H24N2O6. The normalized spacial score (nSPS) is 20.7. The number of carbonyl (C=O) groups excluding carboxylic acids is 1. The molecule has 8 nitrogen and oxygen atoms in total. The fraction of sp³-hybridized carbons (Fsp3) is 0.231. The van der Waals surface area contributed by atoms with Gasteiger partial charge in [-0.25, -0.2) is 4.79 Å². The largest absolute Gasteiger partial charge is 0.497 e. The Hall–Kier alpha value is -4.20. The number of hydrogen-bond acceptors (Lipinski definition) is 5. The molecule has 0 spiro atoms. The summed E-state index contributed by atoms with van der Waals surface area (Å²) in [7, 11) is 1.57. The fourth-order valence-electron chi connectivity index (χ4n) is 4.73. The molecule has 5 rings (SSSR count). The summed E-state index contributed by atoms with van der Waals surface area (Å²) in [6.45, 7) is 0.359. The summed E-state index contributed by atoms with van der Waals surface area (Å²) < 4.78 is 16.2. The van der Waals surface area contributed by atoms with Crippen molar-refractivity contribution in [2.24, 2.45) is 5.92 Å². The van der Waals surface area contributed by atoms with Gasteiger partial charge in [0.05, 0.1) is 19.1 Å². The fourth-order valence-corrected chi connectivity index (χ4v) is 4.73. The standard InChI is InChI=1S/C26H24N2O6/c1-32-19-10-7-16(8-11-19)24-23(25(29)30)20(17-9-12-21-22(13-17)34-15-33-21)14-28(24)26(31)27-18-5-3-2-4-6-18/h2-13,20,23-24H,14-15H2,1H3,(H,27,31)(H,29,30)/t20-,23-,24+/m0/s1. The third kappa shape index (κ3) is 3.98. The van der Waals surface area contributed by atoms with Gasteiger partial charge < -0.3 is 29.5 Å². The summed E-state index contributed by atoms with van der Waals surface area (Å²) in [5, 5.41) is 13.2. The molecule has 1 fully saturated rings. The van der Waals surface area contributed by atoms with Crippen LogP contribution < -0.4 is 19.5 Å². The van der Waals surface area contributed by atoms with Crippen molar-refractivity contribution in [3.05, 3.63) is 83.9 Å². The topological polar surface area (TPSA) is 97.3 Å². The zero-order valence-corrected chi connectivity index (χ0v) is 18.5. The summed E-state index contributed by atoms with van der Waals surface area (Å²) in [5.74, 6) is -0.426. The molecular weight excluding hydrogens is 436 g/mol. The Balaban J connectivity index is 1.54. The molecule has 3 atom stereocenters. The van der Waals surface area contributed by atoms with E-state index in [1.807, 2.05) is 42.5 Å². The predicted octanol–water partition coefficient (Wildman–Crippen LogP) is 4.50. The van der Waals surface area contributed by atoms with Crippen LogP contribution in [0.2, 0.25) is 0 Å². The average Bonchev–Trinajstić information content (AvgIpc) is 3.49. The van der Waals surface area contributed by atoms with E-state index in [-0.39, 0.29) is 19.4 Å². The first-order valence-corrected chi connectivity index (χ1v) is 10.9. The van der Waals surface area contributed by atoms with Gasteiger partial charge in [-0.3, -0.25) is 4.79 Å². The van der Waals surface area contributed by atoms with Crippen molar-refractivity contribution in [2.75, 3.05) is 25.8 Å². The van der Waals surface area contributed by atoms with Crippen molar-refractivity contribution in [3.8, 4) is 17.2 Å². The first-order chi connectivity index (χ1) is 16.5. The summed E-state index contributed by atoms with van der Waals surface area (Å²) in [6, 6.07) is 20.7. The van der Waals surface area contributed by atoms with Crippen molar-refractivity contribution >= 4 is 17.7 Å². The highest BCUT2D eigenvalue weighted by atomic mass is 16.7. The van der Waals surface area contributed by atoms with Crippen molar-refractivity contribution < 1.29 is 28.9 Å². The number of hydrogen-bond donors (Lipinski definition) is 2. The minimum absolute atomic E-state index is 0.131. The van der Waals surface area contributed by atoms with E-state index in [1.54, 1.807) is 42.3 Å². The van der Waals surface area contributed by atoms with Crippen molar-refractivity contribution in [3.63, 3.8) is 0 Å². The van der Waals surface area contributed by atoms with E-state index in [9.17, 15) is 14.7 Å². The number of anilines is 1. The van der Waals surface area contributed by atoms with Gasteiger partial charge in [0, 0.05) is 18.2 Å². The van der Waals surface area contributed by atoms with Gasteiger partial charge in [-0.1, -0.05) is 36.4 Å². The number of carboxylic acid groups (broad SMARTS) is 1. The molecule has 0 aromatic heterocycles. The predicted molar refractivity (Wildman–Crippen MR) is 124 cm³/mol. The molecule has 2 amide bonds. The van der Waals surface area contributed by atoms with Gasteiger partial charge in [0.25, 0.3) is 0 Å². The highest BCUT2D eigenvalue weighted by Gasteiger charge is 2.49. The second kappa shape index (κ2) is 8.97. The van der Waals surface area contributed by atoms with Crippen LogP contribution in [0, 0.1) is 5.92 Å². The van der Waals surface area contributed by atoms with Crippen LogP contribution in [0.4, 0.5) is 10.5 Å². The molecule has 1 saturated heterocycles. The molecule has 0 aliphatic carbocycles. The van der Waals surface area contributed by atoms with Crippen LogP contribution in [0.25, 0.3) is 0 Å². The number of likely N-dealkylation sites (tertiary alicyclic amines) is 1. The third-order valence-corrected chi connectivity index (χ3v) is 6.36. The molecule has 3 aromatic carbocycles. The molecule has 0 bridgehead atoms. The quantitative estimate of drug-likeness (QED) is 0.582. The zero-order chi connectivity index (χ0) is 23.7. The minimum atomic E-state index is -0.974. The molecule has 0 radical (unpaired) electrons. The Morgan fingerprint density at radius 3 is 2.38 bits per heavy atom. The van der Waals surface area contributed by atoms with E-state index in [4.69, 9.17) is 14.2 Å². The van der Waals surface area contributed by atoms with Crippen molar-refractivity contribution in [1.82, 2.24) is 4.90 Å². The van der Waals surface area contributed by atoms with Gasteiger partial charge in [0.2, 0.25) is 6.79 Å². The number of nitrogens with one attached hydrogen (secondary N) is 1. The van der Waals surface area contributed by atoms with Crippen LogP contribution in [-0.2, 0) is 4.79 Å².